The molecule has 7 nitrogen and oxygen atoms in total. The lowest BCUT2D eigenvalue weighted by molar-refractivity contribution is -0.116. The van der Waals surface area contributed by atoms with Gasteiger partial charge >= 0.3 is 5.69 Å². The van der Waals surface area contributed by atoms with E-state index in [2.05, 4.69) is 10.4 Å². The van der Waals surface area contributed by atoms with Crippen LogP contribution in [-0.2, 0) is 11.3 Å². The Morgan fingerprint density at radius 1 is 1.00 bits per heavy atom. The minimum atomic E-state index is -0.196. The Hall–Kier alpha value is -3.87. The Morgan fingerprint density at radius 3 is 2.67 bits per heavy atom. The predicted octanol–water partition coefficient (Wildman–Crippen LogP) is 3.34. The summed E-state index contributed by atoms with van der Waals surface area (Å²) in [6, 6.07) is 22.4. The maximum absolute atomic E-state index is 12.4. The molecule has 0 atom stereocenters. The molecule has 7 heteroatoms. The maximum atomic E-state index is 12.4. The summed E-state index contributed by atoms with van der Waals surface area (Å²) in [5.41, 5.74) is 1.98. The van der Waals surface area contributed by atoms with Crippen LogP contribution in [0.4, 0.5) is 5.69 Å². The first-order valence-electron chi connectivity index (χ1n) is 9.80. The van der Waals surface area contributed by atoms with Gasteiger partial charge in [-0.2, -0.15) is 0 Å². The molecule has 0 fully saturated rings. The van der Waals surface area contributed by atoms with Crippen molar-refractivity contribution < 1.29 is 9.53 Å². The first-order valence-corrected chi connectivity index (χ1v) is 9.80. The number of benzene rings is 2. The van der Waals surface area contributed by atoms with E-state index in [1.165, 1.54) is 9.08 Å². The molecule has 0 saturated heterocycles. The van der Waals surface area contributed by atoms with E-state index in [9.17, 15) is 9.59 Å². The summed E-state index contributed by atoms with van der Waals surface area (Å²) in [5.74, 6) is 0.724. The molecule has 4 rings (SSSR count). The average molecular weight is 402 g/mol. The minimum Gasteiger partial charge on any atom is -0.494 e. The second-order valence-corrected chi connectivity index (χ2v) is 6.88. The summed E-state index contributed by atoms with van der Waals surface area (Å²) >= 11 is 0. The third-order valence-corrected chi connectivity index (χ3v) is 4.59. The Bertz CT molecular complexity index is 1200. The van der Waals surface area contributed by atoms with E-state index < -0.39 is 0 Å². The van der Waals surface area contributed by atoms with Crippen molar-refractivity contribution in [1.82, 2.24) is 14.2 Å². The van der Waals surface area contributed by atoms with Crippen LogP contribution in [0.3, 0.4) is 0 Å². The smallest absolute Gasteiger partial charge is 0.350 e. The number of para-hydroxylation sites is 1. The first-order chi connectivity index (χ1) is 14.7. The summed E-state index contributed by atoms with van der Waals surface area (Å²) in [7, 11) is 0. The number of amides is 1. The number of anilines is 1. The zero-order valence-corrected chi connectivity index (χ0v) is 16.4. The minimum absolute atomic E-state index is 0.0753. The van der Waals surface area contributed by atoms with Gasteiger partial charge in [0, 0.05) is 18.3 Å². The number of hydrogen-bond acceptors (Lipinski definition) is 4. The van der Waals surface area contributed by atoms with Crippen molar-refractivity contribution in [3.63, 3.8) is 0 Å². The van der Waals surface area contributed by atoms with Gasteiger partial charge in [0.1, 0.15) is 5.75 Å². The molecule has 0 aliphatic heterocycles. The van der Waals surface area contributed by atoms with Crippen molar-refractivity contribution in [3.05, 3.63) is 95.0 Å². The molecule has 0 aliphatic rings. The third kappa shape index (κ3) is 4.75. The van der Waals surface area contributed by atoms with Gasteiger partial charge in [-0.3, -0.25) is 9.20 Å². The Balaban J connectivity index is 1.32. The van der Waals surface area contributed by atoms with Crippen LogP contribution in [0, 0.1) is 0 Å². The monoisotopic (exact) mass is 402 g/mol. The number of nitrogens with zero attached hydrogens (tertiary/aromatic N) is 3. The van der Waals surface area contributed by atoms with Crippen molar-refractivity contribution in [2.75, 3.05) is 11.9 Å². The van der Waals surface area contributed by atoms with E-state index in [1.807, 2.05) is 60.7 Å². The number of carbonyl (C=O) groups is 1. The predicted molar refractivity (Wildman–Crippen MR) is 115 cm³/mol. The molecule has 0 bridgehead atoms. The van der Waals surface area contributed by atoms with Crippen molar-refractivity contribution in [1.29, 1.82) is 0 Å². The van der Waals surface area contributed by atoms with Gasteiger partial charge in [-0.1, -0.05) is 36.4 Å². The average Bonchev–Trinajstić information content (AvgIpc) is 3.08. The van der Waals surface area contributed by atoms with Crippen molar-refractivity contribution in [3.8, 4) is 5.75 Å². The summed E-state index contributed by atoms with van der Waals surface area (Å²) in [4.78, 5) is 24.7. The summed E-state index contributed by atoms with van der Waals surface area (Å²) in [5, 5.41) is 7.24. The maximum Gasteiger partial charge on any atom is 0.350 e. The molecular weight excluding hydrogens is 380 g/mol. The molecule has 30 heavy (non-hydrogen) atoms. The van der Waals surface area contributed by atoms with E-state index >= 15 is 0 Å². The number of carbonyl (C=O) groups excluding carboxylic acids is 1. The second-order valence-electron chi connectivity index (χ2n) is 6.88. The largest absolute Gasteiger partial charge is 0.494 e. The Morgan fingerprint density at radius 2 is 1.83 bits per heavy atom. The number of fused-ring (bicyclic) bond motifs is 1. The molecular formula is C23H22N4O3. The van der Waals surface area contributed by atoms with Gasteiger partial charge in [0.25, 0.3) is 0 Å². The van der Waals surface area contributed by atoms with Crippen LogP contribution in [0.25, 0.3) is 5.65 Å². The van der Waals surface area contributed by atoms with E-state index in [0.29, 0.717) is 37.3 Å². The van der Waals surface area contributed by atoms with Crippen LogP contribution in [0.15, 0.2) is 83.8 Å². The lowest BCUT2D eigenvalue weighted by Crippen LogP contribution is -2.21. The van der Waals surface area contributed by atoms with E-state index in [-0.39, 0.29) is 11.6 Å². The molecule has 152 valence electrons. The van der Waals surface area contributed by atoms with E-state index in [1.54, 1.807) is 18.3 Å². The molecule has 0 unspecified atom stereocenters. The number of hydrogen-bond donors (Lipinski definition) is 1. The Kier molecular flexibility index (Phi) is 5.89. The van der Waals surface area contributed by atoms with Gasteiger partial charge in [0.2, 0.25) is 5.91 Å². The fourth-order valence-corrected chi connectivity index (χ4v) is 3.15. The van der Waals surface area contributed by atoms with Gasteiger partial charge in [0.05, 0.1) is 13.2 Å². The van der Waals surface area contributed by atoms with Gasteiger partial charge in [-0.15, -0.1) is 5.10 Å². The highest BCUT2D eigenvalue weighted by Gasteiger charge is 2.08. The molecule has 0 radical (unpaired) electrons. The summed E-state index contributed by atoms with van der Waals surface area (Å²) < 4.78 is 8.52. The van der Waals surface area contributed by atoms with Gasteiger partial charge in [0.15, 0.2) is 5.65 Å². The topological polar surface area (TPSA) is 77.6 Å². The zero-order valence-electron chi connectivity index (χ0n) is 16.4. The highest BCUT2D eigenvalue weighted by Crippen LogP contribution is 2.13. The molecule has 2 heterocycles. The zero-order chi connectivity index (χ0) is 20.8. The molecule has 0 aliphatic carbocycles. The highest BCUT2D eigenvalue weighted by atomic mass is 16.5. The van der Waals surface area contributed by atoms with Crippen molar-refractivity contribution in [2.24, 2.45) is 0 Å². The Labute approximate surface area is 173 Å². The molecule has 1 N–H and O–H groups in total. The van der Waals surface area contributed by atoms with Gasteiger partial charge in [-0.05, 0) is 48.4 Å². The van der Waals surface area contributed by atoms with Crippen molar-refractivity contribution in [2.45, 2.75) is 19.4 Å². The van der Waals surface area contributed by atoms with Gasteiger partial charge in [-0.25, -0.2) is 9.48 Å². The summed E-state index contributed by atoms with van der Waals surface area (Å²) in [6.07, 6.45) is 2.68. The van der Waals surface area contributed by atoms with Crippen LogP contribution in [-0.4, -0.2) is 26.7 Å². The van der Waals surface area contributed by atoms with Crippen LogP contribution in [0.1, 0.15) is 18.4 Å². The standard InChI is InChI=1S/C23H22N4O3/c28-22(13-7-15-30-20-10-2-1-3-11-20)24-19-9-6-8-18(16-19)17-27-23(29)26-14-5-4-12-21(26)25-27/h1-6,8-12,14,16H,7,13,15,17H2,(H,24,28). The fraction of sp³-hybridized carbons (Fsp3) is 0.174. The molecule has 2 aromatic carbocycles. The quantitative estimate of drug-likeness (QED) is 0.459. The number of rotatable bonds is 8. The van der Waals surface area contributed by atoms with E-state index in [0.717, 1.165) is 11.3 Å². The van der Waals surface area contributed by atoms with Gasteiger partial charge < -0.3 is 10.1 Å². The van der Waals surface area contributed by atoms with Crippen LogP contribution in [0.5, 0.6) is 5.75 Å². The second kappa shape index (κ2) is 9.09. The number of aromatic nitrogens is 3. The van der Waals surface area contributed by atoms with Crippen LogP contribution < -0.4 is 15.7 Å². The van der Waals surface area contributed by atoms with E-state index in [4.69, 9.17) is 4.74 Å². The number of ether oxygens (including phenoxy) is 1. The lowest BCUT2D eigenvalue weighted by Gasteiger charge is -2.08. The highest BCUT2D eigenvalue weighted by molar-refractivity contribution is 5.90. The molecule has 4 aromatic rings. The number of pyridine rings is 1. The fourth-order valence-electron chi connectivity index (χ4n) is 3.15. The van der Waals surface area contributed by atoms with Crippen molar-refractivity contribution >= 4 is 17.2 Å². The number of nitrogens with one attached hydrogen (secondary N) is 1. The third-order valence-electron chi connectivity index (χ3n) is 4.59. The first kappa shape index (κ1) is 19.4. The molecule has 2 aromatic heterocycles. The van der Waals surface area contributed by atoms with Crippen LogP contribution >= 0.6 is 0 Å². The molecule has 0 spiro atoms. The lowest BCUT2D eigenvalue weighted by atomic mass is 10.2. The molecule has 0 saturated carbocycles. The summed E-state index contributed by atoms with van der Waals surface area (Å²) in [6.45, 7) is 0.809. The van der Waals surface area contributed by atoms with Crippen LogP contribution in [0.2, 0.25) is 0 Å². The molecule has 1 amide bonds. The SMILES string of the molecule is O=C(CCCOc1ccccc1)Nc1cccc(Cn2nc3ccccn3c2=O)c1. The normalized spacial score (nSPS) is 10.8.